The zero-order valence-corrected chi connectivity index (χ0v) is 24.6. The summed E-state index contributed by atoms with van der Waals surface area (Å²) in [7, 11) is 0. The van der Waals surface area contributed by atoms with E-state index in [1.807, 2.05) is 28.9 Å². The predicted molar refractivity (Wildman–Crippen MR) is 173 cm³/mol. The van der Waals surface area contributed by atoms with E-state index in [-0.39, 0.29) is 6.04 Å². The fourth-order valence-electron chi connectivity index (χ4n) is 5.92. The number of aliphatic imine (C=N–C) groups is 2. The summed E-state index contributed by atoms with van der Waals surface area (Å²) in [6, 6.07) is 33.9. The monoisotopic (exact) mass is 550 g/mol. The molecule has 1 aromatic heterocycles. The van der Waals surface area contributed by atoms with Crippen LogP contribution in [-0.2, 0) is 0 Å². The zero-order chi connectivity index (χ0) is 29.0. The van der Waals surface area contributed by atoms with Gasteiger partial charge in [-0.15, -0.1) is 0 Å². The number of aromatic nitrogens is 2. The Kier molecular flexibility index (Phi) is 6.27. The second-order valence-corrected chi connectivity index (χ2v) is 11.5. The number of aryl methyl sites for hydroxylation is 3. The molecule has 4 aromatic carbocycles. The van der Waals surface area contributed by atoms with Crippen molar-refractivity contribution in [1.29, 1.82) is 0 Å². The predicted octanol–water partition coefficient (Wildman–Crippen LogP) is 8.72. The third-order valence-corrected chi connectivity index (χ3v) is 8.20. The van der Waals surface area contributed by atoms with E-state index in [4.69, 9.17) is 15.1 Å². The molecule has 0 radical (unpaired) electrons. The van der Waals surface area contributed by atoms with Crippen LogP contribution in [0.25, 0.3) is 5.69 Å². The summed E-state index contributed by atoms with van der Waals surface area (Å²) in [6.07, 6.45) is 0. The second kappa shape index (κ2) is 10.1. The Morgan fingerprint density at radius 3 is 2.29 bits per heavy atom. The molecule has 5 aromatic rings. The number of hydrogen-bond donors (Lipinski definition) is 1. The summed E-state index contributed by atoms with van der Waals surface area (Å²) < 4.78 is 1.97. The number of amidine groups is 2. The van der Waals surface area contributed by atoms with Crippen molar-refractivity contribution in [2.75, 3.05) is 10.2 Å². The van der Waals surface area contributed by atoms with Crippen molar-refractivity contribution in [1.82, 2.24) is 9.78 Å². The highest BCUT2D eigenvalue weighted by Crippen LogP contribution is 2.48. The van der Waals surface area contributed by atoms with Crippen molar-refractivity contribution in [2.45, 2.75) is 46.6 Å². The van der Waals surface area contributed by atoms with E-state index >= 15 is 0 Å². The molecular formula is C36H34N6. The molecule has 7 rings (SSSR count). The van der Waals surface area contributed by atoms with Crippen LogP contribution in [0.5, 0.6) is 0 Å². The molecule has 2 aliphatic rings. The van der Waals surface area contributed by atoms with Crippen molar-refractivity contribution in [3.63, 3.8) is 0 Å². The Morgan fingerprint density at radius 2 is 1.52 bits per heavy atom. The second-order valence-electron chi connectivity index (χ2n) is 11.5. The topological polar surface area (TPSA) is 57.8 Å². The Balaban J connectivity index is 1.49. The maximum absolute atomic E-state index is 5.36. The molecule has 208 valence electrons. The smallest absolute Gasteiger partial charge is 0.179 e. The lowest BCUT2D eigenvalue weighted by Crippen LogP contribution is -2.46. The van der Waals surface area contributed by atoms with Crippen LogP contribution in [0.4, 0.5) is 22.9 Å². The van der Waals surface area contributed by atoms with Crippen LogP contribution < -0.4 is 10.2 Å². The molecule has 6 nitrogen and oxygen atoms in total. The van der Waals surface area contributed by atoms with Gasteiger partial charge < -0.3 is 10.2 Å². The molecule has 3 heterocycles. The Hall–Kier alpha value is -4.97. The SMILES string of the molecule is Cc1ccc(C)c(NC2=Nc3ccccc3N3C2=Nc2c(c(C)nn2-c2ccccc2)[C@@H]3c2ccc(C(C)C)cc2)c1. The summed E-state index contributed by atoms with van der Waals surface area (Å²) in [5, 5.41) is 8.73. The number of rotatable bonds is 4. The molecule has 0 fully saturated rings. The Labute approximate surface area is 247 Å². The van der Waals surface area contributed by atoms with Gasteiger partial charge in [-0.1, -0.05) is 80.6 Å². The van der Waals surface area contributed by atoms with Crippen molar-refractivity contribution < 1.29 is 0 Å². The number of fused-ring (bicyclic) bond motifs is 4. The maximum atomic E-state index is 5.36. The largest absolute Gasteiger partial charge is 0.337 e. The highest BCUT2D eigenvalue weighted by Gasteiger charge is 2.41. The molecular weight excluding hydrogens is 516 g/mol. The van der Waals surface area contributed by atoms with Gasteiger partial charge in [-0.05, 0) is 79.3 Å². The molecule has 6 heteroatoms. The number of nitrogens with zero attached hydrogens (tertiary/aromatic N) is 5. The van der Waals surface area contributed by atoms with Crippen LogP contribution in [0.3, 0.4) is 0 Å². The number of anilines is 2. The quantitative estimate of drug-likeness (QED) is 0.243. The minimum absolute atomic E-state index is 0.141. The molecule has 2 aliphatic heterocycles. The molecule has 1 N–H and O–H groups in total. The van der Waals surface area contributed by atoms with Crippen molar-refractivity contribution in [2.24, 2.45) is 9.98 Å². The first-order chi connectivity index (χ1) is 20.4. The van der Waals surface area contributed by atoms with E-state index in [1.54, 1.807) is 0 Å². The van der Waals surface area contributed by atoms with Crippen LogP contribution >= 0.6 is 0 Å². The normalized spacial score (nSPS) is 15.5. The molecule has 0 unspecified atom stereocenters. The first kappa shape index (κ1) is 26.0. The molecule has 0 saturated heterocycles. The standard InChI is InChI=1S/C36H34N6/c1-22(2)26-17-19-27(20-18-26)33-32-25(5)40-42(28-11-7-6-8-12-28)35(32)39-36-34(38-30-21-23(3)15-16-24(30)4)37-29-13-9-10-14-31(29)41(33)36/h6-22,33H,1-5H3,(H,37,38)/t33-/m0/s1. The van der Waals surface area contributed by atoms with Gasteiger partial charge in [0.2, 0.25) is 0 Å². The van der Waals surface area contributed by atoms with Crippen molar-refractivity contribution in [3.05, 3.63) is 131 Å². The van der Waals surface area contributed by atoms with Gasteiger partial charge in [0.05, 0.1) is 28.8 Å². The van der Waals surface area contributed by atoms with Crippen molar-refractivity contribution in [3.8, 4) is 5.69 Å². The average molecular weight is 551 g/mol. The number of nitrogens with one attached hydrogen (secondary N) is 1. The third-order valence-electron chi connectivity index (χ3n) is 8.20. The van der Waals surface area contributed by atoms with E-state index < -0.39 is 0 Å². The molecule has 42 heavy (non-hydrogen) atoms. The Morgan fingerprint density at radius 1 is 0.786 bits per heavy atom. The lowest BCUT2D eigenvalue weighted by molar-refractivity contribution is 0.810. The van der Waals surface area contributed by atoms with Crippen LogP contribution in [0, 0.1) is 20.8 Å². The minimum Gasteiger partial charge on any atom is -0.337 e. The molecule has 0 saturated carbocycles. The molecule has 1 atom stereocenters. The number of para-hydroxylation sites is 3. The van der Waals surface area contributed by atoms with Gasteiger partial charge in [0.15, 0.2) is 17.5 Å². The van der Waals surface area contributed by atoms with Gasteiger partial charge in [0.1, 0.15) is 0 Å². The maximum Gasteiger partial charge on any atom is 0.179 e. The van der Waals surface area contributed by atoms with E-state index in [9.17, 15) is 0 Å². The lowest BCUT2D eigenvalue weighted by atomic mass is 9.91. The summed E-state index contributed by atoms with van der Waals surface area (Å²) in [6.45, 7) is 10.8. The van der Waals surface area contributed by atoms with Gasteiger partial charge in [0.25, 0.3) is 0 Å². The van der Waals surface area contributed by atoms with Gasteiger partial charge in [-0.3, -0.25) is 0 Å². The number of benzene rings is 4. The molecule has 0 amide bonds. The number of hydrogen-bond acceptors (Lipinski definition) is 5. The highest BCUT2D eigenvalue weighted by atomic mass is 15.4. The molecule has 0 aliphatic carbocycles. The fraction of sp³-hybridized carbons (Fsp3) is 0.194. The Bertz CT molecular complexity index is 1860. The molecule has 0 bridgehead atoms. The van der Waals surface area contributed by atoms with Crippen molar-refractivity contribution >= 4 is 34.6 Å². The van der Waals surface area contributed by atoms with E-state index in [1.165, 1.54) is 16.7 Å². The van der Waals surface area contributed by atoms with Gasteiger partial charge >= 0.3 is 0 Å². The van der Waals surface area contributed by atoms with Gasteiger partial charge in [-0.25, -0.2) is 14.7 Å². The first-order valence-electron chi connectivity index (χ1n) is 14.5. The van der Waals surface area contributed by atoms with Crippen LogP contribution in [0.1, 0.15) is 59.3 Å². The summed E-state index contributed by atoms with van der Waals surface area (Å²) in [5.74, 6) is 2.78. The van der Waals surface area contributed by atoms with Crippen LogP contribution in [0.15, 0.2) is 107 Å². The minimum atomic E-state index is -0.141. The van der Waals surface area contributed by atoms with E-state index in [2.05, 4.69) is 118 Å². The zero-order valence-electron chi connectivity index (χ0n) is 24.6. The summed E-state index contributed by atoms with van der Waals surface area (Å²) in [4.78, 5) is 12.9. The van der Waals surface area contributed by atoms with Gasteiger partial charge in [-0.2, -0.15) is 5.10 Å². The van der Waals surface area contributed by atoms with E-state index in [0.29, 0.717) is 5.92 Å². The average Bonchev–Trinajstić information content (AvgIpc) is 3.34. The van der Waals surface area contributed by atoms with Crippen LogP contribution in [-0.4, -0.2) is 21.5 Å². The van der Waals surface area contributed by atoms with Gasteiger partial charge in [0, 0.05) is 11.3 Å². The molecule has 0 spiro atoms. The lowest BCUT2D eigenvalue weighted by Gasteiger charge is -2.40. The van der Waals surface area contributed by atoms with E-state index in [0.717, 1.165) is 57.1 Å². The van der Waals surface area contributed by atoms with Crippen LogP contribution in [0.2, 0.25) is 0 Å². The highest BCUT2D eigenvalue weighted by molar-refractivity contribution is 6.51. The third kappa shape index (κ3) is 4.31. The first-order valence-corrected chi connectivity index (χ1v) is 14.5. The summed E-state index contributed by atoms with van der Waals surface area (Å²) >= 11 is 0. The summed E-state index contributed by atoms with van der Waals surface area (Å²) in [5.41, 5.74) is 10.8. The fourth-order valence-corrected chi connectivity index (χ4v) is 5.92.